The van der Waals surface area contributed by atoms with Gasteiger partial charge in [-0.15, -0.1) is 0 Å². The van der Waals surface area contributed by atoms with Crippen molar-refractivity contribution < 1.29 is 14.6 Å². The molecule has 5 nitrogen and oxygen atoms in total. The molecule has 1 aliphatic rings. The molecule has 4 rings (SSSR count). The first kappa shape index (κ1) is 22.2. The third-order valence-electron chi connectivity index (χ3n) is 6.23. The summed E-state index contributed by atoms with van der Waals surface area (Å²) >= 11 is 0. The minimum Gasteiger partial charge on any atom is -0.379 e. The van der Waals surface area contributed by atoms with Crippen LogP contribution < -0.4 is 5.73 Å². The second-order valence-electron chi connectivity index (χ2n) is 8.37. The average molecular weight is 431 g/mol. The summed E-state index contributed by atoms with van der Waals surface area (Å²) in [4.78, 5) is 14.9. The minimum absolute atomic E-state index is 0.198. The lowest BCUT2D eigenvalue weighted by Crippen LogP contribution is -2.42. The van der Waals surface area contributed by atoms with Crippen LogP contribution in [0, 0.1) is 0 Å². The Balaban J connectivity index is 1.69. The van der Waals surface area contributed by atoms with Gasteiger partial charge in [-0.3, -0.25) is 9.69 Å². The summed E-state index contributed by atoms with van der Waals surface area (Å²) in [5.41, 5.74) is 7.14. The number of rotatable bonds is 8. The van der Waals surface area contributed by atoms with Crippen molar-refractivity contribution in [2.45, 2.75) is 17.9 Å². The predicted molar refractivity (Wildman–Crippen MR) is 125 cm³/mol. The molecule has 0 bridgehead atoms. The molecule has 2 atom stereocenters. The molecule has 32 heavy (non-hydrogen) atoms. The number of amides is 1. The van der Waals surface area contributed by atoms with Crippen molar-refractivity contribution in [1.29, 1.82) is 0 Å². The maximum atomic E-state index is 12.5. The fraction of sp³-hybridized carbons (Fsp3) is 0.296. The second-order valence-corrected chi connectivity index (χ2v) is 8.37. The molecule has 3 aromatic carbocycles. The quantitative estimate of drug-likeness (QED) is 0.576. The zero-order valence-electron chi connectivity index (χ0n) is 18.2. The second kappa shape index (κ2) is 10.1. The molecule has 0 saturated carbocycles. The Labute approximate surface area is 189 Å². The minimum atomic E-state index is -1.88. The van der Waals surface area contributed by atoms with E-state index in [2.05, 4.69) is 35.2 Å². The van der Waals surface area contributed by atoms with Crippen molar-refractivity contribution in [3.8, 4) is 0 Å². The molecule has 1 aliphatic heterocycles. The van der Waals surface area contributed by atoms with Crippen LogP contribution in [0.5, 0.6) is 0 Å². The van der Waals surface area contributed by atoms with Crippen molar-refractivity contribution in [3.63, 3.8) is 0 Å². The van der Waals surface area contributed by atoms with Crippen molar-refractivity contribution in [2.24, 2.45) is 5.73 Å². The molecule has 166 valence electrons. The van der Waals surface area contributed by atoms with Crippen LogP contribution in [0.25, 0.3) is 0 Å². The predicted octanol–water partition coefficient (Wildman–Crippen LogP) is 3.07. The summed E-state index contributed by atoms with van der Waals surface area (Å²) in [6.07, 6.45) is 0.863. The molecule has 3 aromatic rings. The molecule has 5 heteroatoms. The molecule has 1 fully saturated rings. The van der Waals surface area contributed by atoms with Gasteiger partial charge in [0.05, 0.1) is 13.2 Å². The molecule has 0 spiro atoms. The van der Waals surface area contributed by atoms with Gasteiger partial charge in [-0.25, -0.2) is 0 Å². The largest absolute Gasteiger partial charge is 0.379 e. The number of carbonyl (C=O) groups excluding carboxylic acids is 1. The van der Waals surface area contributed by atoms with Crippen LogP contribution in [0.4, 0.5) is 0 Å². The highest BCUT2D eigenvalue weighted by Crippen LogP contribution is 2.32. The maximum absolute atomic E-state index is 12.5. The first-order valence-electron chi connectivity index (χ1n) is 11.1. The van der Waals surface area contributed by atoms with E-state index in [-0.39, 0.29) is 5.92 Å². The molecule has 0 aliphatic carbocycles. The van der Waals surface area contributed by atoms with E-state index in [1.54, 1.807) is 30.3 Å². The van der Waals surface area contributed by atoms with Crippen LogP contribution in [0.2, 0.25) is 0 Å². The van der Waals surface area contributed by atoms with E-state index >= 15 is 0 Å². The Bertz CT molecular complexity index is 1020. The molecular weight excluding hydrogens is 400 g/mol. The fourth-order valence-corrected chi connectivity index (χ4v) is 4.43. The number of carbonyl (C=O) groups is 1. The summed E-state index contributed by atoms with van der Waals surface area (Å²) in [5.74, 6) is -0.586. The Kier molecular flexibility index (Phi) is 7.00. The highest BCUT2D eigenvalue weighted by Gasteiger charge is 2.38. The number of morpholine rings is 1. The van der Waals surface area contributed by atoms with E-state index < -0.39 is 11.5 Å². The summed E-state index contributed by atoms with van der Waals surface area (Å²) in [6.45, 7) is 4.17. The topological polar surface area (TPSA) is 75.8 Å². The lowest BCUT2D eigenvalue weighted by Gasteiger charge is -2.32. The third-order valence-corrected chi connectivity index (χ3v) is 6.23. The first-order valence-corrected chi connectivity index (χ1v) is 11.1. The summed E-state index contributed by atoms with van der Waals surface area (Å²) in [7, 11) is 0. The maximum Gasteiger partial charge on any atom is 0.258 e. The molecular formula is C27H30N2O3. The number of ether oxygens (including phenoxy) is 1. The molecule has 1 amide bonds. The van der Waals surface area contributed by atoms with Crippen LogP contribution in [0.3, 0.4) is 0 Å². The number of benzene rings is 3. The summed E-state index contributed by atoms with van der Waals surface area (Å²) in [6, 6.07) is 27.0. The number of nitrogens with zero attached hydrogens (tertiary/aromatic N) is 1. The standard InChI is InChI=1S/C27H30N2O3/c28-26(30)27(31,24-11-5-2-6-12-24)25-13-7-10-22(19-25)23(18-21-8-3-1-4-9-21)20-29-14-16-32-17-15-29/h1-13,19,23,31H,14-18,20H2,(H2,28,30). The van der Waals surface area contributed by atoms with Gasteiger partial charge in [0, 0.05) is 25.6 Å². The van der Waals surface area contributed by atoms with Gasteiger partial charge in [0.15, 0.2) is 5.60 Å². The monoisotopic (exact) mass is 430 g/mol. The highest BCUT2D eigenvalue weighted by molar-refractivity contribution is 5.88. The fourth-order valence-electron chi connectivity index (χ4n) is 4.43. The van der Waals surface area contributed by atoms with E-state index in [4.69, 9.17) is 10.5 Å². The molecule has 1 saturated heterocycles. The number of hydrogen-bond acceptors (Lipinski definition) is 4. The SMILES string of the molecule is NC(=O)C(O)(c1ccccc1)c1cccc(C(Cc2ccccc2)CN2CCOCC2)c1. The number of nitrogens with two attached hydrogens (primary N) is 1. The lowest BCUT2D eigenvalue weighted by molar-refractivity contribution is -0.133. The number of hydrogen-bond donors (Lipinski definition) is 2. The smallest absolute Gasteiger partial charge is 0.258 e. The van der Waals surface area contributed by atoms with E-state index in [0.29, 0.717) is 11.1 Å². The Morgan fingerprint density at radius 2 is 1.56 bits per heavy atom. The van der Waals surface area contributed by atoms with Crippen LogP contribution >= 0.6 is 0 Å². The van der Waals surface area contributed by atoms with E-state index in [0.717, 1.165) is 44.8 Å². The van der Waals surface area contributed by atoms with Crippen molar-refractivity contribution >= 4 is 5.91 Å². The Morgan fingerprint density at radius 3 is 2.22 bits per heavy atom. The van der Waals surface area contributed by atoms with Gasteiger partial charge in [0.1, 0.15) is 0 Å². The van der Waals surface area contributed by atoms with Gasteiger partial charge in [-0.1, -0.05) is 84.9 Å². The Morgan fingerprint density at radius 1 is 0.938 bits per heavy atom. The number of primary amides is 1. The van der Waals surface area contributed by atoms with Crippen LogP contribution in [0.1, 0.15) is 28.2 Å². The van der Waals surface area contributed by atoms with E-state index in [9.17, 15) is 9.90 Å². The van der Waals surface area contributed by atoms with Crippen molar-refractivity contribution in [1.82, 2.24) is 4.90 Å². The van der Waals surface area contributed by atoms with Gasteiger partial charge < -0.3 is 15.6 Å². The molecule has 1 heterocycles. The van der Waals surface area contributed by atoms with Gasteiger partial charge in [-0.05, 0) is 28.7 Å². The molecule has 0 aromatic heterocycles. The van der Waals surface area contributed by atoms with Gasteiger partial charge in [0.2, 0.25) is 0 Å². The van der Waals surface area contributed by atoms with Crippen LogP contribution in [-0.4, -0.2) is 48.8 Å². The van der Waals surface area contributed by atoms with Gasteiger partial charge in [-0.2, -0.15) is 0 Å². The summed E-state index contributed by atoms with van der Waals surface area (Å²) in [5, 5.41) is 11.4. The number of aliphatic hydroxyl groups is 1. The molecule has 2 unspecified atom stereocenters. The summed E-state index contributed by atoms with van der Waals surface area (Å²) < 4.78 is 5.52. The van der Waals surface area contributed by atoms with Crippen molar-refractivity contribution in [2.75, 3.05) is 32.8 Å². The van der Waals surface area contributed by atoms with Gasteiger partial charge in [0.25, 0.3) is 5.91 Å². The molecule has 0 radical (unpaired) electrons. The van der Waals surface area contributed by atoms with Crippen LogP contribution in [-0.2, 0) is 21.6 Å². The van der Waals surface area contributed by atoms with Crippen LogP contribution in [0.15, 0.2) is 84.9 Å². The first-order chi connectivity index (χ1) is 15.6. The zero-order valence-corrected chi connectivity index (χ0v) is 18.2. The normalized spacial score (nSPS) is 17.4. The zero-order chi connectivity index (χ0) is 22.4. The third kappa shape index (κ3) is 4.91. The van der Waals surface area contributed by atoms with Crippen molar-refractivity contribution in [3.05, 3.63) is 107 Å². The van der Waals surface area contributed by atoms with E-state index in [1.807, 2.05) is 24.3 Å². The van der Waals surface area contributed by atoms with Gasteiger partial charge >= 0.3 is 0 Å². The molecule has 3 N–H and O–H groups in total. The average Bonchev–Trinajstić information content (AvgIpc) is 2.85. The van der Waals surface area contributed by atoms with E-state index in [1.165, 1.54) is 5.56 Å². The lowest BCUT2D eigenvalue weighted by atomic mass is 9.82. The Hall–Kier alpha value is -2.99. The highest BCUT2D eigenvalue weighted by atomic mass is 16.5.